The van der Waals surface area contributed by atoms with Gasteiger partial charge >= 0.3 is 0 Å². The summed E-state index contributed by atoms with van der Waals surface area (Å²) in [5, 5.41) is 3.37. The van der Waals surface area contributed by atoms with Gasteiger partial charge in [-0.2, -0.15) is 0 Å². The summed E-state index contributed by atoms with van der Waals surface area (Å²) in [5.74, 6) is 0.0700. The Morgan fingerprint density at radius 2 is 2.11 bits per heavy atom. The number of carbonyl (C=O) groups is 1. The molecule has 19 heavy (non-hydrogen) atoms. The van der Waals surface area contributed by atoms with Crippen molar-refractivity contribution in [1.82, 2.24) is 4.98 Å². The van der Waals surface area contributed by atoms with Crippen molar-refractivity contribution >= 4 is 23.2 Å². The van der Waals surface area contributed by atoms with Crippen LogP contribution >= 0.6 is 11.6 Å². The van der Waals surface area contributed by atoms with E-state index < -0.39 is 0 Å². The summed E-state index contributed by atoms with van der Waals surface area (Å²) < 4.78 is 0. The van der Waals surface area contributed by atoms with E-state index in [9.17, 15) is 4.79 Å². The Kier molecular flexibility index (Phi) is 4.53. The molecule has 0 aliphatic heterocycles. The molecule has 4 heteroatoms. The lowest BCUT2D eigenvalue weighted by Crippen LogP contribution is -2.14. The summed E-state index contributed by atoms with van der Waals surface area (Å²) in [6, 6.07) is 11.1. The van der Waals surface area contributed by atoms with Gasteiger partial charge in [0.1, 0.15) is 0 Å². The molecule has 0 fully saturated rings. The smallest absolute Gasteiger partial charge is 0.225 e. The number of para-hydroxylation sites is 1. The second-order valence-corrected chi connectivity index (χ2v) is 4.83. The van der Waals surface area contributed by atoms with Gasteiger partial charge in [-0.3, -0.25) is 9.78 Å². The number of pyridine rings is 1. The molecule has 0 aliphatic carbocycles. The molecule has 1 unspecified atom stereocenters. The van der Waals surface area contributed by atoms with Crippen molar-refractivity contribution in [3.63, 3.8) is 0 Å². The van der Waals surface area contributed by atoms with E-state index in [0.717, 1.165) is 5.56 Å². The first-order chi connectivity index (χ1) is 9.16. The van der Waals surface area contributed by atoms with E-state index in [-0.39, 0.29) is 11.8 Å². The second kappa shape index (κ2) is 6.34. The summed E-state index contributed by atoms with van der Waals surface area (Å²) in [5.41, 5.74) is 1.70. The number of benzene rings is 1. The third-order valence-corrected chi connectivity index (χ3v) is 3.22. The van der Waals surface area contributed by atoms with Crippen molar-refractivity contribution in [2.24, 2.45) is 0 Å². The van der Waals surface area contributed by atoms with Crippen LogP contribution in [-0.4, -0.2) is 10.9 Å². The summed E-state index contributed by atoms with van der Waals surface area (Å²) in [7, 11) is 0. The Morgan fingerprint density at radius 3 is 2.79 bits per heavy atom. The van der Waals surface area contributed by atoms with Crippen molar-refractivity contribution in [2.45, 2.75) is 19.3 Å². The topological polar surface area (TPSA) is 42.0 Å². The van der Waals surface area contributed by atoms with Crippen LogP contribution in [0.1, 0.15) is 24.8 Å². The van der Waals surface area contributed by atoms with Gasteiger partial charge in [-0.25, -0.2) is 0 Å². The highest BCUT2D eigenvalue weighted by molar-refractivity contribution is 6.33. The molecule has 0 aliphatic rings. The van der Waals surface area contributed by atoms with Crippen LogP contribution in [0.25, 0.3) is 0 Å². The van der Waals surface area contributed by atoms with Gasteiger partial charge in [0.25, 0.3) is 0 Å². The molecule has 3 nitrogen and oxygen atoms in total. The van der Waals surface area contributed by atoms with Gasteiger partial charge in [0.15, 0.2) is 0 Å². The number of hydrogen-bond donors (Lipinski definition) is 1. The van der Waals surface area contributed by atoms with Crippen molar-refractivity contribution < 1.29 is 4.79 Å². The van der Waals surface area contributed by atoms with E-state index in [1.165, 1.54) is 0 Å². The number of aromatic nitrogens is 1. The van der Waals surface area contributed by atoms with Crippen LogP contribution in [0.5, 0.6) is 0 Å². The predicted octanol–water partition coefficient (Wildman–Crippen LogP) is 3.87. The maximum absolute atomic E-state index is 12.0. The molecule has 1 aromatic carbocycles. The minimum Gasteiger partial charge on any atom is -0.325 e. The normalized spacial score (nSPS) is 11.9. The Balaban J connectivity index is 1.97. The molecule has 0 radical (unpaired) electrons. The molecule has 1 heterocycles. The van der Waals surface area contributed by atoms with Gasteiger partial charge in [0, 0.05) is 18.8 Å². The van der Waals surface area contributed by atoms with Gasteiger partial charge < -0.3 is 5.32 Å². The zero-order valence-electron chi connectivity index (χ0n) is 10.6. The van der Waals surface area contributed by atoms with E-state index in [4.69, 9.17) is 11.6 Å². The number of halogens is 1. The maximum Gasteiger partial charge on any atom is 0.225 e. The summed E-state index contributed by atoms with van der Waals surface area (Å²) in [4.78, 5) is 16.0. The summed E-state index contributed by atoms with van der Waals surface area (Å²) in [6.45, 7) is 2.00. The van der Waals surface area contributed by atoms with Crippen LogP contribution in [0, 0.1) is 0 Å². The molecule has 1 N–H and O–H groups in total. The number of nitrogens with zero attached hydrogens (tertiary/aromatic N) is 1. The van der Waals surface area contributed by atoms with Gasteiger partial charge in [-0.15, -0.1) is 0 Å². The fourth-order valence-corrected chi connectivity index (χ4v) is 2.01. The molecule has 1 atom stereocenters. The first-order valence-corrected chi connectivity index (χ1v) is 6.49. The lowest BCUT2D eigenvalue weighted by Gasteiger charge is -2.12. The molecule has 0 bridgehead atoms. The van der Waals surface area contributed by atoms with Gasteiger partial charge in [0.2, 0.25) is 5.91 Å². The van der Waals surface area contributed by atoms with Crippen LogP contribution in [0.15, 0.2) is 48.8 Å². The third-order valence-electron chi connectivity index (χ3n) is 2.89. The number of nitrogens with one attached hydrogen (secondary N) is 1. The molecule has 0 spiro atoms. The van der Waals surface area contributed by atoms with E-state index in [0.29, 0.717) is 17.1 Å². The highest BCUT2D eigenvalue weighted by atomic mass is 35.5. The van der Waals surface area contributed by atoms with Crippen molar-refractivity contribution in [2.75, 3.05) is 5.32 Å². The van der Waals surface area contributed by atoms with Crippen LogP contribution in [0.2, 0.25) is 5.02 Å². The minimum atomic E-state index is -0.0514. The lowest BCUT2D eigenvalue weighted by atomic mass is 9.99. The van der Waals surface area contributed by atoms with Crippen LogP contribution in [0.4, 0.5) is 5.69 Å². The van der Waals surface area contributed by atoms with Crippen LogP contribution < -0.4 is 5.32 Å². The highest BCUT2D eigenvalue weighted by Crippen LogP contribution is 2.22. The first kappa shape index (κ1) is 13.6. The van der Waals surface area contributed by atoms with Gasteiger partial charge in [0.05, 0.1) is 10.7 Å². The molecule has 1 aromatic heterocycles. The van der Waals surface area contributed by atoms with E-state index in [1.54, 1.807) is 24.5 Å². The molecule has 2 aromatic rings. The largest absolute Gasteiger partial charge is 0.325 e. The summed E-state index contributed by atoms with van der Waals surface area (Å²) in [6.07, 6.45) is 3.91. The molecule has 0 saturated carbocycles. The number of anilines is 1. The Bertz CT molecular complexity index is 557. The molecule has 98 valence electrons. The average Bonchev–Trinajstić information content (AvgIpc) is 2.42. The third kappa shape index (κ3) is 3.80. The standard InChI is InChI=1S/C15H15ClN2O/c1-11(12-5-4-8-17-10-12)9-15(19)18-14-7-3-2-6-13(14)16/h2-8,10-11H,9H2,1H3,(H,18,19). The Morgan fingerprint density at radius 1 is 1.32 bits per heavy atom. The molecule has 1 amide bonds. The van der Waals surface area contributed by atoms with Crippen LogP contribution in [-0.2, 0) is 4.79 Å². The average molecular weight is 275 g/mol. The number of carbonyl (C=O) groups excluding carboxylic acids is 1. The van der Waals surface area contributed by atoms with E-state index >= 15 is 0 Å². The molecule has 0 saturated heterocycles. The Hall–Kier alpha value is -1.87. The van der Waals surface area contributed by atoms with E-state index in [2.05, 4.69) is 10.3 Å². The lowest BCUT2D eigenvalue weighted by molar-refractivity contribution is -0.116. The van der Waals surface area contributed by atoms with E-state index in [1.807, 2.05) is 31.2 Å². The fraction of sp³-hybridized carbons (Fsp3) is 0.200. The van der Waals surface area contributed by atoms with Gasteiger partial charge in [-0.1, -0.05) is 36.7 Å². The Labute approximate surface area is 117 Å². The van der Waals surface area contributed by atoms with Crippen molar-refractivity contribution in [1.29, 1.82) is 0 Å². The fourth-order valence-electron chi connectivity index (χ4n) is 1.83. The second-order valence-electron chi connectivity index (χ2n) is 4.42. The zero-order chi connectivity index (χ0) is 13.7. The number of amides is 1. The number of rotatable bonds is 4. The minimum absolute atomic E-state index is 0.0514. The van der Waals surface area contributed by atoms with Gasteiger partial charge in [-0.05, 0) is 29.7 Å². The van der Waals surface area contributed by atoms with Crippen LogP contribution in [0.3, 0.4) is 0 Å². The summed E-state index contributed by atoms with van der Waals surface area (Å²) >= 11 is 6.00. The predicted molar refractivity (Wildman–Crippen MR) is 77.4 cm³/mol. The molecular weight excluding hydrogens is 260 g/mol. The van der Waals surface area contributed by atoms with Crippen molar-refractivity contribution in [3.8, 4) is 0 Å². The van der Waals surface area contributed by atoms with Crippen molar-refractivity contribution in [3.05, 3.63) is 59.4 Å². The highest BCUT2D eigenvalue weighted by Gasteiger charge is 2.12. The molecule has 2 rings (SSSR count). The quantitative estimate of drug-likeness (QED) is 0.920. The SMILES string of the molecule is CC(CC(=O)Nc1ccccc1Cl)c1cccnc1. The number of hydrogen-bond acceptors (Lipinski definition) is 2. The first-order valence-electron chi connectivity index (χ1n) is 6.11. The molecular formula is C15H15ClN2O. The monoisotopic (exact) mass is 274 g/mol. The zero-order valence-corrected chi connectivity index (χ0v) is 11.4. The maximum atomic E-state index is 12.0.